The van der Waals surface area contributed by atoms with Crippen molar-refractivity contribution in [3.8, 4) is 5.75 Å². The van der Waals surface area contributed by atoms with Crippen molar-refractivity contribution in [2.75, 3.05) is 13.8 Å². The molecular weight excluding hydrogens is 186 g/mol. The van der Waals surface area contributed by atoms with Gasteiger partial charge in [0.05, 0.1) is 7.11 Å². The third-order valence-electron chi connectivity index (χ3n) is 1.59. The molecule has 13 heavy (non-hydrogen) atoms. The largest absolute Gasteiger partial charge is 0.497 e. The summed E-state index contributed by atoms with van der Waals surface area (Å²) in [5.74, 6) is 0.788. The van der Waals surface area contributed by atoms with Gasteiger partial charge in [0.15, 0.2) is 0 Å². The number of methoxy groups -OCH3 is 1. The van der Waals surface area contributed by atoms with Gasteiger partial charge in [-0.1, -0.05) is 12.2 Å². The lowest BCUT2D eigenvalue weighted by Gasteiger charge is -2.05. The van der Waals surface area contributed by atoms with E-state index in [2.05, 4.69) is 5.32 Å². The van der Waals surface area contributed by atoms with Crippen LogP contribution in [0.5, 0.6) is 5.75 Å². The summed E-state index contributed by atoms with van der Waals surface area (Å²) in [6.45, 7) is -0.148. The first-order valence-corrected chi connectivity index (χ1v) is 4.22. The van der Waals surface area contributed by atoms with Gasteiger partial charge in [-0.25, -0.2) is 0 Å². The molecule has 1 rings (SSSR count). The second-order valence-electron chi connectivity index (χ2n) is 2.39. The Hall–Kier alpha value is -1.13. The molecule has 2 N–H and O–H groups in total. The summed E-state index contributed by atoms with van der Waals surface area (Å²) < 4.78 is 5.00. The number of aliphatic hydroxyl groups excluding tert-OH is 1. The zero-order chi connectivity index (χ0) is 9.68. The molecule has 0 saturated heterocycles. The molecule has 0 atom stereocenters. The van der Waals surface area contributed by atoms with E-state index < -0.39 is 0 Å². The number of rotatable bonds is 3. The van der Waals surface area contributed by atoms with Crippen LogP contribution in [0.4, 0.5) is 0 Å². The first-order valence-electron chi connectivity index (χ1n) is 3.81. The van der Waals surface area contributed by atoms with Crippen LogP contribution in [0.2, 0.25) is 0 Å². The minimum atomic E-state index is -0.148. The Morgan fingerprint density at radius 1 is 1.46 bits per heavy atom. The number of ether oxygens (including phenoxy) is 1. The molecule has 0 unspecified atom stereocenters. The standard InChI is InChI=1S/C9H11NO2S/c1-12-8-4-2-7(3-5-8)9(13)10-6-11/h2-5,11H,6H2,1H3,(H,10,13). The van der Waals surface area contributed by atoms with Gasteiger partial charge in [-0.15, -0.1) is 0 Å². The lowest BCUT2D eigenvalue weighted by Crippen LogP contribution is -2.22. The van der Waals surface area contributed by atoms with Crippen LogP contribution in [-0.4, -0.2) is 23.9 Å². The third kappa shape index (κ3) is 2.68. The van der Waals surface area contributed by atoms with Crippen molar-refractivity contribution < 1.29 is 9.84 Å². The summed E-state index contributed by atoms with van der Waals surface area (Å²) >= 11 is 4.99. The molecule has 0 spiro atoms. The van der Waals surface area contributed by atoms with E-state index in [1.54, 1.807) is 7.11 Å². The Labute approximate surface area is 82.3 Å². The molecule has 0 bridgehead atoms. The van der Waals surface area contributed by atoms with Crippen molar-refractivity contribution >= 4 is 17.2 Å². The summed E-state index contributed by atoms with van der Waals surface area (Å²) in [6.07, 6.45) is 0. The monoisotopic (exact) mass is 197 g/mol. The highest BCUT2D eigenvalue weighted by Gasteiger charge is 1.98. The quantitative estimate of drug-likeness (QED) is 0.558. The van der Waals surface area contributed by atoms with Gasteiger partial charge in [-0.2, -0.15) is 0 Å². The second kappa shape index (κ2) is 4.79. The van der Waals surface area contributed by atoms with Crippen LogP contribution in [0.25, 0.3) is 0 Å². The predicted octanol–water partition coefficient (Wildman–Crippen LogP) is 0.910. The van der Waals surface area contributed by atoms with Crippen LogP contribution >= 0.6 is 12.2 Å². The molecule has 4 heteroatoms. The van der Waals surface area contributed by atoms with Gasteiger partial charge in [-0.05, 0) is 24.3 Å². The van der Waals surface area contributed by atoms with Crippen molar-refractivity contribution in [2.24, 2.45) is 0 Å². The summed E-state index contributed by atoms with van der Waals surface area (Å²) in [5, 5.41) is 11.2. The van der Waals surface area contributed by atoms with Gasteiger partial charge in [0.2, 0.25) is 0 Å². The van der Waals surface area contributed by atoms with E-state index in [4.69, 9.17) is 22.1 Å². The van der Waals surface area contributed by atoms with E-state index >= 15 is 0 Å². The van der Waals surface area contributed by atoms with E-state index in [0.29, 0.717) is 4.99 Å². The minimum absolute atomic E-state index is 0.148. The van der Waals surface area contributed by atoms with E-state index in [9.17, 15) is 0 Å². The van der Waals surface area contributed by atoms with Crippen LogP contribution in [-0.2, 0) is 0 Å². The maximum Gasteiger partial charge on any atom is 0.118 e. The molecule has 0 aliphatic heterocycles. The highest BCUT2D eigenvalue weighted by Crippen LogP contribution is 2.11. The van der Waals surface area contributed by atoms with Crippen molar-refractivity contribution in [3.05, 3.63) is 29.8 Å². The normalized spacial score (nSPS) is 9.38. The van der Waals surface area contributed by atoms with Crippen molar-refractivity contribution in [1.29, 1.82) is 0 Å². The highest BCUT2D eigenvalue weighted by molar-refractivity contribution is 7.80. The van der Waals surface area contributed by atoms with Crippen LogP contribution in [0.1, 0.15) is 5.56 Å². The fourth-order valence-corrected chi connectivity index (χ4v) is 1.12. The third-order valence-corrected chi connectivity index (χ3v) is 1.97. The number of aliphatic hydroxyl groups is 1. The molecule has 0 heterocycles. The number of hydrogen-bond donors (Lipinski definition) is 2. The maximum atomic E-state index is 8.58. The topological polar surface area (TPSA) is 41.5 Å². The Balaban J connectivity index is 2.74. The smallest absolute Gasteiger partial charge is 0.118 e. The van der Waals surface area contributed by atoms with E-state index in [-0.39, 0.29) is 6.73 Å². The van der Waals surface area contributed by atoms with Crippen LogP contribution < -0.4 is 10.1 Å². The average Bonchev–Trinajstić information content (AvgIpc) is 2.18. The number of hydrogen-bond acceptors (Lipinski definition) is 3. The van der Waals surface area contributed by atoms with Crippen LogP contribution in [0, 0.1) is 0 Å². The van der Waals surface area contributed by atoms with E-state index in [0.717, 1.165) is 11.3 Å². The van der Waals surface area contributed by atoms with Gasteiger partial charge < -0.3 is 15.2 Å². The molecule has 0 aliphatic carbocycles. The molecule has 70 valence electrons. The van der Waals surface area contributed by atoms with Gasteiger partial charge in [0, 0.05) is 5.56 Å². The Morgan fingerprint density at radius 2 is 2.08 bits per heavy atom. The summed E-state index contributed by atoms with van der Waals surface area (Å²) in [5.41, 5.74) is 0.866. The zero-order valence-electron chi connectivity index (χ0n) is 7.28. The second-order valence-corrected chi connectivity index (χ2v) is 2.80. The molecule has 1 aromatic rings. The fraction of sp³-hybridized carbons (Fsp3) is 0.222. The van der Waals surface area contributed by atoms with Gasteiger partial charge >= 0.3 is 0 Å². The molecule has 0 fully saturated rings. The van der Waals surface area contributed by atoms with E-state index in [1.807, 2.05) is 24.3 Å². The molecular formula is C9H11NO2S. The summed E-state index contributed by atoms with van der Waals surface area (Å²) in [7, 11) is 1.61. The Morgan fingerprint density at radius 3 is 2.54 bits per heavy atom. The van der Waals surface area contributed by atoms with Crippen LogP contribution in [0.3, 0.4) is 0 Å². The first-order chi connectivity index (χ1) is 6.27. The Bertz CT molecular complexity index is 284. The maximum absolute atomic E-state index is 8.58. The van der Waals surface area contributed by atoms with Gasteiger partial charge in [0.1, 0.15) is 17.5 Å². The number of nitrogens with one attached hydrogen (secondary N) is 1. The number of thiocarbonyl (C=S) groups is 1. The highest BCUT2D eigenvalue weighted by atomic mass is 32.1. The SMILES string of the molecule is COc1ccc(C(=S)NCO)cc1. The average molecular weight is 197 g/mol. The predicted molar refractivity (Wildman–Crippen MR) is 54.9 cm³/mol. The van der Waals surface area contributed by atoms with Crippen molar-refractivity contribution in [3.63, 3.8) is 0 Å². The molecule has 0 aromatic heterocycles. The zero-order valence-corrected chi connectivity index (χ0v) is 8.10. The van der Waals surface area contributed by atoms with Crippen molar-refractivity contribution in [1.82, 2.24) is 5.32 Å². The molecule has 0 radical (unpaired) electrons. The lowest BCUT2D eigenvalue weighted by molar-refractivity contribution is 0.287. The minimum Gasteiger partial charge on any atom is -0.497 e. The first kappa shape index (κ1) is 9.95. The lowest BCUT2D eigenvalue weighted by atomic mass is 10.2. The molecule has 1 aromatic carbocycles. The molecule has 0 aliphatic rings. The molecule has 0 saturated carbocycles. The molecule has 0 amide bonds. The fourth-order valence-electron chi connectivity index (χ4n) is 0.916. The van der Waals surface area contributed by atoms with Gasteiger partial charge in [-0.3, -0.25) is 0 Å². The van der Waals surface area contributed by atoms with Gasteiger partial charge in [0.25, 0.3) is 0 Å². The Kier molecular flexibility index (Phi) is 3.67. The number of benzene rings is 1. The molecule has 3 nitrogen and oxygen atoms in total. The summed E-state index contributed by atoms with van der Waals surface area (Å²) in [4.78, 5) is 0.533. The van der Waals surface area contributed by atoms with Crippen molar-refractivity contribution in [2.45, 2.75) is 0 Å². The van der Waals surface area contributed by atoms with E-state index in [1.165, 1.54) is 0 Å². The van der Waals surface area contributed by atoms with Crippen LogP contribution in [0.15, 0.2) is 24.3 Å². The summed E-state index contributed by atoms with van der Waals surface area (Å²) in [6, 6.07) is 7.31.